The normalized spacial score (nSPS) is 15.7. The summed E-state index contributed by atoms with van der Waals surface area (Å²) in [6.07, 6.45) is 0. The molecule has 1 aromatic carbocycles. The molecule has 1 N–H and O–H groups in total. The summed E-state index contributed by atoms with van der Waals surface area (Å²) in [5, 5.41) is 3.21. The lowest BCUT2D eigenvalue weighted by Crippen LogP contribution is -2.11. The lowest BCUT2D eigenvalue weighted by atomic mass is 10.3. The minimum atomic E-state index is 0.721. The van der Waals surface area contributed by atoms with E-state index in [1.807, 2.05) is 30.3 Å². The predicted molar refractivity (Wildman–Crippen MR) is 62.6 cm³/mol. The second kappa shape index (κ2) is 3.89. The van der Waals surface area contributed by atoms with Crippen molar-refractivity contribution in [2.45, 2.75) is 0 Å². The van der Waals surface area contributed by atoms with Gasteiger partial charge in [0.15, 0.2) is 4.32 Å². The molecule has 1 aliphatic heterocycles. The fourth-order valence-corrected chi connectivity index (χ4v) is 1.92. The number of nitrogens with one attached hydrogen (secondary N) is 1. The molecule has 0 spiro atoms. The zero-order valence-electron chi connectivity index (χ0n) is 6.86. The van der Waals surface area contributed by atoms with Crippen LogP contribution in [0.15, 0.2) is 35.3 Å². The van der Waals surface area contributed by atoms with Crippen LogP contribution in [0.3, 0.4) is 0 Å². The summed E-state index contributed by atoms with van der Waals surface area (Å²) >= 11 is 6.54. The number of amidine groups is 1. The van der Waals surface area contributed by atoms with Crippen molar-refractivity contribution in [3.05, 3.63) is 30.3 Å². The van der Waals surface area contributed by atoms with Crippen molar-refractivity contribution >= 4 is 39.8 Å². The van der Waals surface area contributed by atoms with Crippen LogP contribution >= 0.6 is 24.0 Å². The van der Waals surface area contributed by atoms with E-state index in [0.717, 1.165) is 21.6 Å². The molecule has 0 amide bonds. The Morgan fingerprint density at radius 2 is 2.08 bits per heavy atom. The number of hydrogen-bond donors (Lipinski definition) is 1. The Labute approximate surface area is 86.4 Å². The maximum atomic E-state index is 4.95. The van der Waals surface area contributed by atoms with Crippen molar-refractivity contribution in [3.63, 3.8) is 0 Å². The molecule has 0 saturated carbocycles. The molecule has 2 nitrogen and oxygen atoms in total. The van der Waals surface area contributed by atoms with Gasteiger partial charge in [0.25, 0.3) is 0 Å². The first kappa shape index (κ1) is 8.72. The molecule has 1 aliphatic rings. The Balaban J connectivity index is 2.07. The molecule has 0 atom stereocenters. The Morgan fingerprint density at radius 1 is 1.31 bits per heavy atom. The average Bonchev–Trinajstić information content (AvgIpc) is 2.53. The molecular formula is C9H8N2S2. The van der Waals surface area contributed by atoms with Gasteiger partial charge in [0.1, 0.15) is 5.84 Å². The van der Waals surface area contributed by atoms with Gasteiger partial charge in [-0.25, -0.2) is 4.99 Å². The third-order valence-electron chi connectivity index (χ3n) is 1.62. The lowest BCUT2D eigenvalue weighted by molar-refractivity contribution is 1.59. The number of thiocarbonyl (C=S) groups is 1. The van der Waals surface area contributed by atoms with Gasteiger partial charge in [-0.05, 0) is 12.1 Å². The molecule has 1 aromatic rings. The Hall–Kier alpha value is -0.870. The van der Waals surface area contributed by atoms with Crippen LogP contribution in [0, 0.1) is 0 Å². The number of aliphatic imine (C=N–C) groups is 1. The van der Waals surface area contributed by atoms with Crippen LogP contribution in [0.25, 0.3) is 0 Å². The molecular weight excluding hydrogens is 200 g/mol. The topological polar surface area (TPSA) is 24.4 Å². The predicted octanol–water partition coefficient (Wildman–Crippen LogP) is 2.53. The summed E-state index contributed by atoms with van der Waals surface area (Å²) in [6, 6.07) is 9.98. The van der Waals surface area contributed by atoms with E-state index >= 15 is 0 Å². The Kier molecular flexibility index (Phi) is 2.61. The van der Waals surface area contributed by atoms with Gasteiger partial charge < -0.3 is 5.32 Å². The summed E-state index contributed by atoms with van der Waals surface area (Å²) in [4.78, 5) is 4.18. The van der Waals surface area contributed by atoms with Gasteiger partial charge in [0, 0.05) is 5.69 Å². The highest BCUT2D eigenvalue weighted by Crippen LogP contribution is 2.16. The van der Waals surface area contributed by atoms with Crippen LogP contribution < -0.4 is 5.32 Å². The largest absolute Gasteiger partial charge is 0.343 e. The first-order valence-electron chi connectivity index (χ1n) is 3.91. The summed E-state index contributed by atoms with van der Waals surface area (Å²) in [6.45, 7) is 0. The van der Waals surface area contributed by atoms with Gasteiger partial charge in [0.05, 0.1) is 5.75 Å². The molecule has 1 heterocycles. The highest BCUT2D eigenvalue weighted by Gasteiger charge is 2.10. The van der Waals surface area contributed by atoms with Crippen molar-refractivity contribution in [2.75, 3.05) is 11.1 Å². The number of rotatable bonds is 1. The number of anilines is 1. The smallest absolute Gasteiger partial charge is 0.162 e. The lowest BCUT2D eigenvalue weighted by Gasteiger charge is -2.02. The fraction of sp³-hybridized carbons (Fsp3) is 0.111. The molecule has 0 radical (unpaired) electrons. The molecule has 13 heavy (non-hydrogen) atoms. The van der Waals surface area contributed by atoms with E-state index in [2.05, 4.69) is 10.3 Å². The maximum absolute atomic E-state index is 4.95. The van der Waals surface area contributed by atoms with Crippen molar-refractivity contribution in [1.82, 2.24) is 0 Å². The monoisotopic (exact) mass is 208 g/mol. The van der Waals surface area contributed by atoms with E-state index in [-0.39, 0.29) is 0 Å². The molecule has 0 unspecified atom stereocenters. The van der Waals surface area contributed by atoms with Crippen LogP contribution in [-0.4, -0.2) is 15.9 Å². The van der Waals surface area contributed by atoms with E-state index in [0.29, 0.717) is 0 Å². The van der Waals surface area contributed by atoms with Crippen LogP contribution in [0.4, 0.5) is 5.69 Å². The van der Waals surface area contributed by atoms with E-state index in [1.54, 1.807) is 11.8 Å². The minimum absolute atomic E-state index is 0.721. The standard InChI is InChI=1S/C9H8N2S2/c12-9-11-8(6-13-9)10-7-4-2-1-3-5-7/h1-5H,6H2,(H,10,11,12). The highest BCUT2D eigenvalue weighted by atomic mass is 32.2. The Bertz CT molecular complexity index is 346. The number of para-hydroxylation sites is 1. The zero-order valence-corrected chi connectivity index (χ0v) is 8.49. The minimum Gasteiger partial charge on any atom is -0.343 e. The molecule has 2 rings (SSSR count). The maximum Gasteiger partial charge on any atom is 0.162 e. The number of hydrogen-bond acceptors (Lipinski definition) is 3. The quantitative estimate of drug-likeness (QED) is 0.718. The summed E-state index contributed by atoms with van der Waals surface area (Å²) in [7, 11) is 0. The van der Waals surface area contributed by atoms with Crippen LogP contribution in [0.2, 0.25) is 0 Å². The van der Waals surface area contributed by atoms with Gasteiger partial charge in [-0.1, -0.05) is 42.2 Å². The third-order valence-corrected chi connectivity index (χ3v) is 2.82. The molecule has 0 aliphatic carbocycles. The zero-order chi connectivity index (χ0) is 9.10. The van der Waals surface area contributed by atoms with Crippen molar-refractivity contribution in [1.29, 1.82) is 0 Å². The van der Waals surface area contributed by atoms with Gasteiger partial charge in [0.2, 0.25) is 0 Å². The number of benzene rings is 1. The molecule has 0 aromatic heterocycles. The number of nitrogens with zero attached hydrogens (tertiary/aromatic N) is 1. The van der Waals surface area contributed by atoms with E-state index in [4.69, 9.17) is 12.2 Å². The van der Waals surface area contributed by atoms with E-state index in [1.165, 1.54) is 0 Å². The first-order valence-corrected chi connectivity index (χ1v) is 5.30. The highest BCUT2D eigenvalue weighted by molar-refractivity contribution is 8.23. The van der Waals surface area contributed by atoms with Gasteiger partial charge >= 0.3 is 0 Å². The average molecular weight is 208 g/mol. The van der Waals surface area contributed by atoms with E-state index in [9.17, 15) is 0 Å². The molecule has 0 saturated heterocycles. The summed E-state index contributed by atoms with van der Waals surface area (Å²) in [5.74, 6) is 1.80. The molecule has 66 valence electrons. The van der Waals surface area contributed by atoms with Crippen LogP contribution in [0.5, 0.6) is 0 Å². The third kappa shape index (κ3) is 2.29. The second-order valence-corrected chi connectivity index (χ2v) is 4.21. The SMILES string of the molecule is S=C1N=C(Nc2ccccc2)CS1. The summed E-state index contributed by atoms with van der Waals surface area (Å²) < 4.78 is 0.721. The van der Waals surface area contributed by atoms with Gasteiger partial charge in [-0.2, -0.15) is 0 Å². The fourth-order valence-electron chi connectivity index (χ4n) is 1.06. The van der Waals surface area contributed by atoms with E-state index < -0.39 is 0 Å². The van der Waals surface area contributed by atoms with Crippen LogP contribution in [0.1, 0.15) is 0 Å². The van der Waals surface area contributed by atoms with Crippen molar-refractivity contribution in [3.8, 4) is 0 Å². The molecule has 4 heteroatoms. The summed E-state index contributed by atoms with van der Waals surface area (Å²) in [5.41, 5.74) is 1.06. The van der Waals surface area contributed by atoms with Crippen molar-refractivity contribution in [2.24, 2.45) is 4.99 Å². The van der Waals surface area contributed by atoms with Crippen molar-refractivity contribution < 1.29 is 0 Å². The van der Waals surface area contributed by atoms with Crippen LogP contribution in [-0.2, 0) is 0 Å². The molecule has 0 bridgehead atoms. The first-order chi connectivity index (χ1) is 6.34. The second-order valence-electron chi connectivity index (χ2n) is 2.60. The van der Waals surface area contributed by atoms with Gasteiger partial charge in [-0.3, -0.25) is 0 Å². The molecule has 0 fully saturated rings. The van der Waals surface area contributed by atoms with Gasteiger partial charge in [-0.15, -0.1) is 0 Å². The number of thioether (sulfide) groups is 1. The Morgan fingerprint density at radius 3 is 2.69 bits per heavy atom.